The number of carbonyl (C=O) groups is 2. The van der Waals surface area contributed by atoms with Crippen LogP contribution in [-0.4, -0.2) is 48.8 Å². The molecule has 8 heteroatoms. The van der Waals surface area contributed by atoms with Gasteiger partial charge in [-0.15, -0.1) is 0 Å². The molecule has 3 aromatic rings. The van der Waals surface area contributed by atoms with E-state index < -0.39 is 11.7 Å². The lowest BCUT2D eigenvalue weighted by Crippen LogP contribution is -2.48. The topological polar surface area (TPSA) is 105 Å². The van der Waals surface area contributed by atoms with Crippen LogP contribution < -0.4 is 11.1 Å². The van der Waals surface area contributed by atoms with Crippen LogP contribution in [0.15, 0.2) is 66.7 Å². The normalized spacial score (nSPS) is 16.6. The quantitative estimate of drug-likeness (QED) is 0.235. The molecule has 42 heavy (non-hydrogen) atoms. The number of hydrogen-bond acceptors (Lipinski definition) is 5. The summed E-state index contributed by atoms with van der Waals surface area (Å²) in [5.74, 6) is 0.0204. The Morgan fingerprint density at radius 2 is 1.88 bits per heavy atom. The molecule has 1 unspecified atom stereocenters. The smallest absolute Gasteiger partial charge is 0.406 e. The summed E-state index contributed by atoms with van der Waals surface area (Å²) in [5.41, 5.74) is 9.65. The van der Waals surface area contributed by atoms with Crippen molar-refractivity contribution in [1.29, 1.82) is 0 Å². The molecular weight excluding hydrogens is 550 g/mol. The van der Waals surface area contributed by atoms with Gasteiger partial charge in [-0.3, -0.25) is 4.79 Å². The average molecular weight is 592 g/mol. The van der Waals surface area contributed by atoms with Crippen LogP contribution in [0.4, 0.5) is 4.79 Å². The minimum absolute atomic E-state index is 0.0612. The maximum Gasteiger partial charge on any atom is 0.406 e. The highest BCUT2D eigenvalue weighted by Crippen LogP contribution is 2.46. The fourth-order valence-corrected chi connectivity index (χ4v) is 6.21. The van der Waals surface area contributed by atoms with Crippen LogP contribution in [0.1, 0.15) is 72.5 Å². The molecule has 0 radical (unpaired) electrons. The first-order valence-electron chi connectivity index (χ1n) is 14.7. The van der Waals surface area contributed by atoms with Crippen molar-refractivity contribution in [3.63, 3.8) is 0 Å². The molecule has 4 N–H and O–H groups in total. The minimum Gasteiger partial charge on any atom is -0.453 e. The molecule has 1 aliphatic heterocycles. The van der Waals surface area contributed by atoms with Crippen molar-refractivity contribution in [2.75, 3.05) is 26.7 Å². The van der Waals surface area contributed by atoms with Crippen LogP contribution >= 0.6 is 11.6 Å². The molecule has 0 bridgehead atoms. The Kier molecular flexibility index (Phi) is 10.7. The number of alkyl carbamates (subject to hydrolysis) is 1. The zero-order valence-electron chi connectivity index (χ0n) is 24.7. The summed E-state index contributed by atoms with van der Waals surface area (Å²) in [4.78, 5) is 27.1. The fourth-order valence-electron chi connectivity index (χ4n) is 5.93. The third-order valence-electron chi connectivity index (χ3n) is 8.33. The van der Waals surface area contributed by atoms with E-state index in [0.29, 0.717) is 55.5 Å². The van der Waals surface area contributed by atoms with Gasteiger partial charge in [-0.1, -0.05) is 74.0 Å². The largest absolute Gasteiger partial charge is 0.453 e. The predicted octanol–water partition coefficient (Wildman–Crippen LogP) is 6.47. The van der Waals surface area contributed by atoms with Gasteiger partial charge >= 0.3 is 6.09 Å². The van der Waals surface area contributed by atoms with Crippen molar-refractivity contribution in [1.82, 2.24) is 10.2 Å². The molecule has 0 saturated carbocycles. The van der Waals surface area contributed by atoms with E-state index in [2.05, 4.69) is 31.3 Å². The molecule has 1 aliphatic rings. The number of nitrogens with two attached hydrogens (primary N) is 1. The first-order chi connectivity index (χ1) is 20.2. The second-order valence-corrected chi connectivity index (χ2v) is 11.8. The number of methoxy groups -OCH3 is 1. The summed E-state index contributed by atoms with van der Waals surface area (Å²) < 4.78 is 4.72. The van der Waals surface area contributed by atoms with Crippen molar-refractivity contribution in [3.05, 3.63) is 94.0 Å². The van der Waals surface area contributed by atoms with Gasteiger partial charge in [0.15, 0.2) is 0 Å². The average Bonchev–Trinajstić information content (AvgIpc) is 3.02. The van der Waals surface area contributed by atoms with Crippen LogP contribution in [0, 0.1) is 5.92 Å². The number of ether oxygens (including phenoxy) is 1. The van der Waals surface area contributed by atoms with Gasteiger partial charge in [-0.25, -0.2) is 4.79 Å². The number of likely N-dealkylation sites (tertiary alicyclic amines) is 1. The predicted molar refractivity (Wildman–Crippen MR) is 167 cm³/mol. The molecular formula is C34H42ClN3O4. The fraction of sp³-hybridized carbons (Fsp3) is 0.412. The highest BCUT2D eigenvalue weighted by atomic mass is 35.5. The summed E-state index contributed by atoms with van der Waals surface area (Å²) in [5, 5.41) is 16.0. The van der Waals surface area contributed by atoms with Crippen LogP contribution in [0.3, 0.4) is 0 Å². The Morgan fingerprint density at radius 1 is 1.14 bits per heavy atom. The Morgan fingerprint density at radius 3 is 2.57 bits per heavy atom. The first-order valence-corrected chi connectivity index (χ1v) is 15.1. The monoisotopic (exact) mass is 591 g/mol. The number of piperidine rings is 1. The number of aliphatic hydroxyl groups is 1. The van der Waals surface area contributed by atoms with E-state index in [4.69, 9.17) is 22.1 Å². The Hall–Kier alpha value is -3.39. The number of amides is 2. The lowest BCUT2D eigenvalue weighted by atomic mass is 9.72. The Labute approximate surface area is 254 Å². The SMILES string of the molecule is COC(=O)NCCC[C@](O)(c1cccc(Cl)c1-c1cccc(C(C)C)c1)C1CCCN(C(=O)c2ccc(CN)cc2)C1. The molecule has 2 amide bonds. The number of hydrogen-bond donors (Lipinski definition) is 3. The van der Waals surface area contributed by atoms with E-state index in [1.165, 1.54) is 12.7 Å². The molecule has 0 aromatic heterocycles. The van der Waals surface area contributed by atoms with Crippen LogP contribution in [0.25, 0.3) is 11.1 Å². The molecule has 224 valence electrons. The number of nitrogens with zero attached hydrogens (tertiary/aromatic N) is 1. The van der Waals surface area contributed by atoms with Crippen LogP contribution in [-0.2, 0) is 16.9 Å². The Bertz CT molecular complexity index is 1380. The molecule has 3 aromatic carbocycles. The molecule has 0 aliphatic carbocycles. The van der Waals surface area contributed by atoms with Gasteiger partial charge in [0.1, 0.15) is 0 Å². The van der Waals surface area contributed by atoms with Gasteiger partial charge in [0.2, 0.25) is 0 Å². The van der Waals surface area contributed by atoms with Crippen molar-refractivity contribution in [2.24, 2.45) is 11.7 Å². The molecule has 1 fully saturated rings. The molecule has 2 atom stereocenters. The van der Waals surface area contributed by atoms with Crippen LogP contribution in [0.2, 0.25) is 5.02 Å². The summed E-state index contributed by atoms with van der Waals surface area (Å²) in [6.07, 6.45) is 1.87. The van der Waals surface area contributed by atoms with Crippen LogP contribution in [0.5, 0.6) is 0 Å². The summed E-state index contributed by atoms with van der Waals surface area (Å²) in [6.45, 7) is 6.07. The highest BCUT2D eigenvalue weighted by Gasteiger charge is 2.43. The highest BCUT2D eigenvalue weighted by molar-refractivity contribution is 6.33. The third-order valence-corrected chi connectivity index (χ3v) is 8.65. The molecule has 0 spiro atoms. The van der Waals surface area contributed by atoms with Crippen molar-refractivity contribution in [2.45, 2.75) is 57.6 Å². The zero-order valence-corrected chi connectivity index (χ0v) is 25.5. The Balaban J connectivity index is 1.72. The minimum atomic E-state index is -1.31. The zero-order chi connectivity index (χ0) is 30.3. The maximum atomic E-state index is 13.6. The number of carbonyl (C=O) groups excluding carboxylic acids is 2. The second-order valence-electron chi connectivity index (χ2n) is 11.4. The molecule has 1 heterocycles. The second kappa shape index (κ2) is 14.2. The van der Waals surface area contributed by atoms with Gasteiger partial charge in [-0.2, -0.15) is 0 Å². The van der Waals surface area contributed by atoms with Crippen molar-refractivity contribution in [3.8, 4) is 11.1 Å². The van der Waals surface area contributed by atoms with E-state index in [0.717, 1.165) is 35.1 Å². The van der Waals surface area contributed by atoms with Gasteiger partial charge in [0.25, 0.3) is 5.91 Å². The van der Waals surface area contributed by atoms with E-state index in [-0.39, 0.29) is 11.8 Å². The molecule has 4 rings (SSSR count). The first kappa shape index (κ1) is 31.5. The number of halogens is 1. The van der Waals surface area contributed by atoms with E-state index in [1.54, 1.807) is 0 Å². The van der Waals surface area contributed by atoms with Crippen molar-refractivity contribution < 1.29 is 19.4 Å². The number of nitrogens with one attached hydrogen (secondary N) is 1. The lowest BCUT2D eigenvalue weighted by molar-refractivity contribution is -0.0563. The van der Waals surface area contributed by atoms with E-state index >= 15 is 0 Å². The van der Waals surface area contributed by atoms with Gasteiger partial charge in [0, 0.05) is 48.2 Å². The van der Waals surface area contributed by atoms with Gasteiger partial charge in [-0.05, 0) is 72.1 Å². The van der Waals surface area contributed by atoms with E-state index in [1.807, 2.05) is 59.5 Å². The number of rotatable bonds is 10. The van der Waals surface area contributed by atoms with Gasteiger partial charge < -0.3 is 25.8 Å². The van der Waals surface area contributed by atoms with Gasteiger partial charge in [0.05, 0.1) is 12.7 Å². The molecule has 7 nitrogen and oxygen atoms in total. The summed E-state index contributed by atoms with van der Waals surface area (Å²) in [6, 6.07) is 21.3. The van der Waals surface area contributed by atoms with E-state index in [9.17, 15) is 14.7 Å². The summed E-state index contributed by atoms with van der Waals surface area (Å²) in [7, 11) is 1.33. The third kappa shape index (κ3) is 7.14. The maximum absolute atomic E-state index is 13.6. The summed E-state index contributed by atoms with van der Waals surface area (Å²) >= 11 is 6.89. The number of benzene rings is 3. The van der Waals surface area contributed by atoms with Crippen molar-refractivity contribution >= 4 is 23.6 Å². The lowest BCUT2D eigenvalue weighted by Gasteiger charge is -2.44. The standard InChI is InChI=1S/C34H42ClN3O4/c1-23(2)26-8-4-9-27(20-26)31-29(11-5-12-30(31)35)34(41,17-7-18-37-33(40)42-3)28-10-6-19-38(22-28)32(39)25-15-13-24(21-36)14-16-25/h4-5,8-9,11-16,20,23,28,41H,6-7,10,17-19,21-22,36H2,1-3H3,(H,37,40)/t28?,34-/m1/s1. The molecule has 1 saturated heterocycles.